The third kappa shape index (κ3) is 4.93. The maximum absolute atomic E-state index is 11.6. The van der Waals surface area contributed by atoms with Gasteiger partial charge in [0.05, 0.1) is 0 Å². The van der Waals surface area contributed by atoms with Gasteiger partial charge < -0.3 is 15.4 Å². The van der Waals surface area contributed by atoms with Gasteiger partial charge in [-0.3, -0.25) is 0 Å². The number of rotatable bonds is 4. The minimum Gasteiger partial charge on any atom is -0.444 e. The fourth-order valence-corrected chi connectivity index (χ4v) is 2.71. The number of anilines is 1. The molecule has 2 N–H and O–H groups in total. The van der Waals surface area contributed by atoms with Crippen molar-refractivity contribution >= 4 is 33.2 Å². The quantitative estimate of drug-likeness (QED) is 0.889. The second kappa shape index (κ2) is 6.35. The van der Waals surface area contributed by atoms with Gasteiger partial charge in [-0.05, 0) is 62.7 Å². The standard InChI is InChI=1S/C16H22N2O2S/c1-11(10-17-15(19)20-16(2,3)4)18-13-5-6-14-12(9-13)7-8-21-14/h5-9,11,18H,10H2,1-4H3,(H,17,19). The summed E-state index contributed by atoms with van der Waals surface area (Å²) in [6, 6.07) is 8.51. The van der Waals surface area contributed by atoms with Crippen LogP contribution in [0, 0.1) is 0 Å². The molecule has 2 aromatic rings. The molecule has 0 aliphatic rings. The van der Waals surface area contributed by atoms with E-state index in [2.05, 4.69) is 40.3 Å². The van der Waals surface area contributed by atoms with Crippen molar-refractivity contribution in [2.75, 3.05) is 11.9 Å². The Balaban J connectivity index is 1.84. The average molecular weight is 306 g/mol. The molecule has 1 heterocycles. The summed E-state index contributed by atoms with van der Waals surface area (Å²) < 4.78 is 6.49. The van der Waals surface area contributed by atoms with Crippen LogP contribution in [0.3, 0.4) is 0 Å². The summed E-state index contributed by atoms with van der Waals surface area (Å²) >= 11 is 1.73. The Morgan fingerprint density at radius 2 is 2.10 bits per heavy atom. The lowest BCUT2D eigenvalue weighted by Crippen LogP contribution is -2.38. The zero-order chi connectivity index (χ0) is 15.5. The fraction of sp³-hybridized carbons (Fsp3) is 0.438. The highest BCUT2D eigenvalue weighted by atomic mass is 32.1. The maximum Gasteiger partial charge on any atom is 0.407 e. The number of amides is 1. The monoisotopic (exact) mass is 306 g/mol. The van der Waals surface area contributed by atoms with Crippen molar-refractivity contribution < 1.29 is 9.53 Å². The van der Waals surface area contributed by atoms with E-state index in [1.165, 1.54) is 10.1 Å². The number of carbonyl (C=O) groups is 1. The highest BCUT2D eigenvalue weighted by Gasteiger charge is 2.16. The first kappa shape index (κ1) is 15.6. The molecule has 0 aliphatic heterocycles. The fourth-order valence-electron chi connectivity index (χ4n) is 1.94. The van der Waals surface area contributed by atoms with Crippen LogP contribution < -0.4 is 10.6 Å². The summed E-state index contributed by atoms with van der Waals surface area (Å²) in [6.07, 6.45) is -0.385. The Morgan fingerprint density at radius 1 is 1.33 bits per heavy atom. The van der Waals surface area contributed by atoms with Crippen LogP contribution in [-0.4, -0.2) is 24.3 Å². The number of benzene rings is 1. The number of hydrogen-bond acceptors (Lipinski definition) is 4. The highest BCUT2D eigenvalue weighted by molar-refractivity contribution is 7.17. The lowest BCUT2D eigenvalue weighted by atomic mass is 10.2. The minimum absolute atomic E-state index is 0.119. The third-order valence-electron chi connectivity index (χ3n) is 2.82. The largest absolute Gasteiger partial charge is 0.444 e. The van der Waals surface area contributed by atoms with Crippen LogP contribution in [0.15, 0.2) is 29.6 Å². The molecule has 5 heteroatoms. The molecule has 1 aromatic heterocycles. The van der Waals surface area contributed by atoms with E-state index in [4.69, 9.17) is 4.74 Å². The van der Waals surface area contributed by atoms with Crippen LogP contribution >= 0.6 is 11.3 Å². The van der Waals surface area contributed by atoms with Gasteiger partial charge in [0.15, 0.2) is 0 Å². The summed E-state index contributed by atoms with van der Waals surface area (Å²) in [5, 5.41) is 9.47. The van der Waals surface area contributed by atoms with Crippen molar-refractivity contribution in [1.82, 2.24) is 5.32 Å². The van der Waals surface area contributed by atoms with Gasteiger partial charge in [-0.1, -0.05) is 0 Å². The third-order valence-corrected chi connectivity index (χ3v) is 3.71. The number of ether oxygens (including phenoxy) is 1. The molecular formula is C16H22N2O2S. The molecule has 1 amide bonds. The van der Waals surface area contributed by atoms with Gasteiger partial charge in [0.25, 0.3) is 0 Å². The average Bonchev–Trinajstić information content (AvgIpc) is 2.81. The lowest BCUT2D eigenvalue weighted by Gasteiger charge is -2.21. The molecule has 2 rings (SSSR count). The number of alkyl carbamates (subject to hydrolysis) is 1. The Hall–Kier alpha value is -1.75. The van der Waals surface area contributed by atoms with Crippen LogP contribution in [0.4, 0.5) is 10.5 Å². The molecule has 0 radical (unpaired) electrons. The van der Waals surface area contributed by atoms with E-state index >= 15 is 0 Å². The Morgan fingerprint density at radius 3 is 2.81 bits per heavy atom. The molecule has 21 heavy (non-hydrogen) atoms. The predicted molar refractivity (Wildman–Crippen MR) is 89.1 cm³/mol. The first-order valence-electron chi connectivity index (χ1n) is 7.04. The first-order chi connectivity index (χ1) is 9.83. The van der Waals surface area contributed by atoms with E-state index in [0.29, 0.717) is 6.54 Å². The normalized spacial score (nSPS) is 13.0. The van der Waals surface area contributed by atoms with Gasteiger partial charge in [0.1, 0.15) is 5.60 Å². The zero-order valence-electron chi connectivity index (χ0n) is 12.9. The molecule has 0 aliphatic carbocycles. The molecule has 4 nitrogen and oxygen atoms in total. The molecule has 0 saturated heterocycles. The maximum atomic E-state index is 11.6. The second-order valence-electron chi connectivity index (χ2n) is 6.10. The van der Waals surface area contributed by atoms with Gasteiger partial charge in [-0.25, -0.2) is 4.79 Å². The van der Waals surface area contributed by atoms with Crippen molar-refractivity contribution in [2.24, 2.45) is 0 Å². The first-order valence-corrected chi connectivity index (χ1v) is 7.92. The van der Waals surface area contributed by atoms with Crippen LogP contribution in [0.2, 0.25) is 0 Å². The van der Waals surface area contributed by atoms with Crippen molar-refractivity contribution in [1.29, 1.82) is 0 Å². The van der Waals surface area contributed by atoms with Gasteiger partial charge in [-0.2, -0.15) is 0 Å². The van der Waals surface area contributed by atoms with Crippen molar-refractivity contribution in [3.8, 4) is 0 Å². The number of carbonyl (C=O) groups excluding carboxylic acids is 1. The molecule has 0 bridgehead atoms. The topological polar surface area (TPSA) is 50.4 Å². The SMILES string of the molecule is CC(CNC(=O)OC(C)(C)C)Nc1ccc2sccc2c1. The number of nitrogens with one attached hydrogen (secondary N) is 2. The lowest BCUT2D eigenvalue weighted by molar-refractivity contribution is 0.0526. The molecule has 1 atom stereocenters. The van der Waals surface area contributed by atoms with Crippen LogP contribution in [0.25, 0.3) is 10.1 Å². The molecule has 1 unspecified atom stereocenters. The predicted octanol–water partition coefficient (Wildman–Crippen LogP) is 4.23. The molecule has 0 saturated carbocycles. The second-order valence-corrected chi connectivity index (χ2v) is 7.05. The van der Waals surface area contributed by atoms with Crippen molar-refractivity contribution in [2.45, 2.75) is 39.3 Å². The van der Waals surface area contributed by atoms with E-state index < -0.39 is 5.60 Å². The Labute approximate surface area is 129 Å². The smallest absolute Gasteiger partial charge is 0.407 e. The van der Waals surface area contributed by atoms with Gasteiger partial charge >= 0.3 is 6.09 Å². The summed E-state index contributed by atoms with van der Waals surface area (Å²) in [7, 11) is 0. The highest BCUT2D eigenvalue weighted by Crippen LogP contribution is 2.24. The summed E-state index contributed by atoms with van der Waals surface area (Å²) in [6.45, 7) is 8.09. The Kier molecular flexibility index (Phi) is 4.73. The molecular weight excluding hydrogens is 284 g/mol. The van der Waals surface area contributed by atoms with E-state index in [1.807, 2.05) is 27.7 Å². The molecule has 114 valence electrons. The minimum atomic E-state index is -0.468. The summed E-state index contributed by atoms with van der Waals surface area (Å²) in [5.41, 5.74) is 0.587. The number of hydrogen-bond donors (Lipinski definition) is 2. The van der Waals surface area contributed by atoms with E-state index in [0.717, 1.165) is 5.69 Å². The molecule has 0 fully saturated rings. The zero-order valence-corrected chi connectivity index (χ0v) is 13.7. The molecule has 1 aromatic carbocycles. The summed E-state index contributed by atoms with van der Waals surface area (Å²) in [4.78, 5) is 11.6. The van der Waals surface area contributed by atoms with Crippen LogP contribution in [0.5, 0.6) is 0 Å². The van der Waals surface area contributed by atoms with Gasteiger partial charge in [0.2, 0.25) is 0 Å². The molecule has 0 spiro atoms. The van der Waals surface area contributed by atoms with E-state index in [-0.39, 0.29) is 12.1 Å². The van der Waals surface area contributed by atoms with Gasteiger partial charge in [-0.15, -0.1) is 11.3 Å². The number of thiophene rings is 1. The van der Waals surface area contributed by atoms with Crippen LogP contribution in [-0.2, 0) is 4.74 Å². The number of fused-ring (bicyclic) bond motifs is 1. The van der Waals surface area contributed by atoms with Crippen molar-refractivity contribution in [3.63, 3.8) is 0 Å². The van der Waals surface area contributed by atoms with E-state index in [9.17, 15) is 4.79 Å². The van der Waals surface area contributed by atoms with Crippen LogP contribution in [0.1, 0.15) is 27.7 Å². The summed E-state index contributed by atoms with van der Waals surface area (Å²) in [5.74, 6) is 0. The van der Waals surface area contributed by atoms with Gasteiger partial charge in [0, 0.05) is 23.0 Å². The van der Waals surface area contributed by atoms with Crippen molar-refractivity contribution in [3.05, 3.63) is 29.6 Å². The Bertz CT molecular complexity index is 616. The van der Waals surface area contributed by atoms with E-state index in [1.54, 1.807) is 11.3 Å².